The predicted octanol–water partition coefficient (Wildman–Crippen LogP) is 3.33. The molecule has 1 aliphatic rings. The van der Waals surface area contributed by atoms with Crippen molar-refractivity contribution in [3.05, 3.63) is 35.9 Å². The van der Waals surface area contributed by atoms with Gasteiger partial charge in [0.05, 0.1) is 12.0 Å². The Labute approximate surface area is 128 Å². The Hall–Kier alpha value is -1.35. The van der Waals surface area contributed by atoms with Crippen LogP contribution in [0.3, 0.4) is 0 Å². The van der Waals surface area contributed by atoms with Crippen molar-refractivity contribution in [3.63, 3.8) is 0 Å². The molecule has 0 radical (unpaired) electrons. The molecule has 0 aliphatic carbocycles. The van der Waals surface area contributed by atoms with Gasteiger partial charge in [-0.25, -0.2) is 0 Å². The highest BCUT2D eigenvalue weighted by atomic mass is 16.5. The highest BCUT2D eigenvalue weighted by molar-refractivity contribution is 5.77. The molecule has 1 N–H and O–H groups in total. The van der Waals surface area contributed by atoms with E-state index in [0.29, 0.717) is 6.61 Å². The minimum absolute atomic E-state index is 0.00427. The number of carbonyl (C=O) groups is 1. The number of aryl methyl sites for hydroxylation is 1. The molecular weight excluding hydrogens is 262 g/mol. The molecule has 1 heterocycles. The molecule has 1 atom stereocenters. The smallest absolute Gasteiger partial charge is 0.313 e. The third-order valence-electron chi connectivity index (χ3n) is 4.32. The SMILES string of the molecule is CCCC1(C(=O)OCCCc2ccccc2)CCCNC1. The van der Waals surface area contributed by atoms with Gasteiger partial charge in [0.1, 0.15) is 0 Å². The lowest BCUT2D eigenvalue weighted by molar-refractivity contribution is -0.157. The molecule has 1 saturated heterocycles. The summed E-state index contributed by atoms with van der Waals surface area (Å²) in [6.45, 7) is 4.46. The van der Waals surface area contributed by atoms with Gasteiger partial charge in [-0.1, -0.05) is 43.7 Å². The number of ether oxygens (including phenoxy) is 1. The van der Waals surface area contributed by atoms with Gasteiger partial charge >= 0.3 is 5.97 Å². The Kier molecular flexibility index (Phi) is 6.24. The van der Waals surface area contributed by atoms with Gasteiger partial charge < -0.3 is 10.1 Å². The van der Waals surface area contributed by atoms with Crippen molar-refractivity contribution in [1.82, 2.24) is 5.32 Å². The molecule has 21 heavy (non-hydrogen) atoms. The zero-order chi connectivity index (χ0) is 15.0. The number of hydrogen-bond donors (Lipinski definition) is 1. The molecule has 1 aromatic carbocycles. The number of nitrogens with one attached hydrogen (secondary N) is 1. The quantitative estimate of drug-likeness (QED) is 0.618. The second-order valence-electron chi connectivity index (χ2n) is 6.04. The summed E-state index contributed by atoms with van der Waals surface area (Å²) in [5.41, 5.74) is 1.02. The lowest BCUT2D eigenvalue weighted by atomic mass is 9.77. The van der Waals surface area contributed by atoms with Crippen molar-refractivity contribution in [2.24, 2.45) is 5.41 Å². The van der Waals surface area contributed by atoms with Crippen LogP contribution in [0.25, 0.3) is 0 Å². The fraction of sp³-hybridized carbons (Fsp3) is 0.611. The number of rotatable bonds is 7. The predicted molar refractivity (Wildman–Crippen MR) is 85.2 cm³/mol. The van der Waals surface area contributed by atoms with Crippen molar-refractivity contribution in [2.75, 3.05) is 19.7 Å². The highest BCUT2D eigenvalue weighted by Gasteiger charge is 2.40. The Morgan fingerprint density at radius 2 is 2.14 bits per heavy atom. The van der Waals surface area contributed by atoms with Crippen LogP contribution in [0.4, 0.5) is 0 Å². The average molecular weight is 289 g/mol. The fourth-order valence-electron chi connectivity index (χ4n) is 3.17. The van der Waals surface area contributed by atoms with Crippen molar-refractivity contribution < 1.29 is 9.53 Å². The van der Waals surface area contributed by atoms with Crippen LogP contribution in [-0.2, 0) is 16.0 Å². The van der Waals surface area contributed by atoms with Gasteiger partial charge in [-0.15, -0.1) is 0 Å². The van der Waals surface area contributed by atoms with Crippen molar-refractivity contribution in [3.8, 4) is 0 Å². The van der Waals surface area contributed by atoms with E-state index in [2.05, 4.69) is 24.4 Å². The van der Waals surface area contributed by atoms with Crippen molar-refractivity contribution in [2.45, 2.75) is 45.4 Å². The molecule has 3 nitrogen and oxygen atoms in total. The van der Waals surface area contributed by atoms with Crippen LogP contribution in [0.15, 0.2) is 30.3 Å². The van der Waals surface area contributed by atoms with E-state index in [0.717, 1.165) is 51.6 Å². The lowest BCUT2D eigenvalue weighted by Gasteiger charge is -2.35. The molecule has 1 aromatic rings. The third kappa shape index (κ3) is 4.57. The van der Waals surface area contributed by atoms with Crippen LogP contribution in [0.5, 0.6) is 0 Å². The summed E-state index contributed by atoms with van der Waals surface area (Å²) in [4.78, 5) is 12.5. The molecule has 3 heteroatoms. The first-order chi connectivity index (χ1) is 10.3. The Morgan fingerprint density at radius 1 is 1.33 bits per heavy atom. The first-order valence-electron chi connectivity index (χ1n) is 8.19. The lowest BCUT2D eigenvalue weighted by Crippen LogP contribution is -2.46. The van der Waals surface area contributed by atoms with E-state index in [4.69, 9.17) is 4.74 Å². The monoisotopic (exact) mass is 289 g/mol. The Morgan fingerprint density at radius 3 is 2.81 bits per heavy atom. The molecule has 116 valence electrons. The van der Waals surface area contributed by atoms with Gasteiger partial charge in [0.2, 0.25) is 0 Å². The number of carbonyl (C=O) groups excluding carboxylic acids is 1. The second kappa shape index (κ2) is 8.18. The van der Waals surface area contributed by atoms with E-state index in [-0.39, 0.29) is 11.4 Å². The van der Waals surface area contributed by atoms with E-state index < -0.39 is 0 Å². The van der Waals surface area contributed by atoms with Crippen molar-refractivity contribution in [1.29, 1.82) is 0 Å². The standard InChI is InChI=1S/C18H27NO2/c1-2-11-18(12-7-13-19-15-18)17(20)21-14-6-10-16-8-4-3-5-9-16/h3-5,8-9,19H,2,6-7,10-15H2,1H3. The number of benzene rings is 1. The van der Waals surface area contributed by atoms with E-state index in [1.54, 1.807) is 0 Å². The zero-order valence-electron chi connectivity index (χ0n) is 13.1. The summed E-state index contributed by atoms with van der Waals surface area (Å²) in [7, 11) is 0. The molecule has 1 fully saturated rings. The Balaban J connectivity index is 1.77. The van der Waals surface area contributed by atoms with Crippen LogP contribution in [0.2, 0.25) is 0 Å². The minimum atomic E-state index is -0.278. The fourth-order valence-corrected chi connectivity index (χ4v) is 3.17. The summed E-state index contributed by atoms with van der Waals surface area (Å²) in [5, 5.41) is 3.36. The first kappa shape index (κ1) is 16.0. The van der Waals surface area contributed by atoms with Crippen LogP contribution < -0.4 is 5.32 Å². The van der Waals surface area contributed by atoms with Crippen LogP contribution >= 0.6 is 0 Å². The third-order valence-corrected chi connectivity index (χ3v) is 4.32. The summed E-state index contributed by atoms with van der Waals surface area (Å²) < 4.78 is 5.58. The average Bonchev–Trinajstić information content (AvgIpc) is 2.53. The highest BCUT2D eigenvalue weighted by Crippen LogP contribution is 2.33. The summed E-state index contributed by atoms with van der Waals surface area (Å²) in [6.07, 6.45) is 5.85. The van der Waals surface area contributed by atoms with E-state index in [1.165, 1.54) is 5.56 Å². The van der Waals surface area contributed by atoms with Gasteiger partial charge in [0.25, 0.3) is 0 Å². The topological polar surface area (TPSA) is 38.3 Å². The van der Waals surface area contributed by atoms with Gasteiger partial charge in [0.15, 0.2) is 0 Å². The Bertz CT molecular complexity index is 419. The van der Waals surface area contributed by atoms with Crippen molar-refractivity contribution >= 4 is 5.97 Å². The van der Waals surface area contributed by atoms with Gasteiger partial charge in [0, 0.05) is 6.54 Å². The van der Waals surface area contributed by atoms with Gasteiger partial charge in [-0.2, -0.15) is 0 Å². The molecule has 0 bridgehead atoms. The van der Waals surface area contributed by atoms with Crippen LogP contribution in [0.1, 0.15) is 44.6 Å². The van der Waals surface area contributed by atoms with E-state index in [9.17, 15) is 4.79 Å². The molecule has 1 aliphatic heterocycles. The molecular formula is C18H27NO2. The number of hydrogen-bond acceptors (Lipinski definition) is 3. The molecule has 0 saturated carbocycles. The maximum Gasteiger partial charge on any atom is 0.313 e. The molecule has 2 rings (SSSR count). The molecule has 0 aromatic heterocycles. The number of esters is 1. The maximum absolute atomic E-state index is 12.5. The molecule has 0 spiro atoms. The summed E-state index contributed by atoms with van der Waals surface area (Å²) >= 11 is 0. The summed E-state index contributed by atoms with van der Waals surface area (Å²) in [5.74, 6) is 0.00427. The van der Waals surface area contributed by atoms with Gasteiger partial charge in [-0.3, -0.25) is 4.79 Å². The summed E-state index contributed by atoms with van der Waals surface area (Å²) in [6, 6.07) is 10.3. The van der Waals surface area contributed by atoms with Crippen LogP contribution in [-0.4, -0.2) is 25.7 Å². The van der Waals surface area contributed by atoms with Gasteiger partial charge in [-0.05, 0) is 44.2 Å². The largest absolute Gasteiger partial charge is 0.465 e. The second-order valence-corrected chi connectivity index (χ2v) is 6.04. The van der Waals surface area contributed by atoms with Crippen LogP contribution in [0, 0.1) is 5.41 Å². The maximum atomic E-state index is 12.5. The van der Waals surface area contributed by atoms with E-state index in [1.807, 2.05) is 18.2 Å². The minimum Gasteiger partial charge on any atom is -0.465 e. The number of piperidine rings is 1. The molecule has 1 unspecified atom stereocenters. The van der Waals surface area contributed by atoms with E-state index >= 15 is 0 Å². The first-order valence-corrected chi connectivity index (χ1v) is 8.19. The zero-order valence-corrected chi connectivity index (χ0v) is 13.1. The normalized spacial score (nSPS) is 22.0. The molecule has 0 amide bonds.